The van der Waals surface area contributed by atoms with E-state index in [0.29, 0.717) is 5.69 Å². The van der Waals surface area contributed by atoms with Crippen molar-refractivity contribution < 1.29 is 9.18 Å². The third-order valence-corrected chi connectivity index (χ3v) is 2.85. The van der Waals surface area contributed by atoms with Crippen LogP contribution in [0.15, 0.2) is 18.2 Å². The molecule has 1 N–H and O–H groups in total. The van der Waals surface area contributed by atoms with Crippen molar-refractivity contribution in [3.63, 3.8) is 0 Å². The molecular formula is C12H15FN2O. The zero-order valence-corrected chi connectivity index (χ0v) is 9.62. The zero-order chi connectivity index (χ0) is 11.9. The summed E-state index contributed by atoms with van der Waals surface area (Å²) in [5.74, 6) is -0.333. The van der Waals surface area contributed by atoms with Gasteiger partial charge in [-0.25, -0.2) is 4.39 Å². The first kappa shape index (κ1) is 10.9. The van der Waals surface area contributed by atoms with E-state index in [2.05, 4.69) is 5.32 Å². The van der Waals surface area contributed by atoms with Crippen molar-refractivity contribution in [2.24, 2.45) is 0 Å². The van der Waals surface area contributed by atoms with Gasteiger partial charge in [-0.05, 0) is 39.0 Å². The molecule has 0 fully saturated rings. The summed E-state index contributed by atoms with van der Waals surface area (Å²) in [7, 11) is 0. The first-order valence-corrected chi connectivity index (χ1v) is 5.39. The van der Waals surface area contributed by atoms with E-state index in [0.717, 1.165) is 5.69 Å². The molecule has 0 saturated heterocycles. The number of hydrogen-bond acceptors (Lipinski definition) is 2. The topological polar surface area (TPSA) is 32.3 Å². The molecule has 16 heavy (non-hydrogen) atoms. The zero-order valence-electron chi connectivity index (χ0n) is 9.62. The number of anilines is 2. The third-order valence-electron chi connectivity index (χ3n) is 2.85. The minimum absolute atomic E-state index is 0.0483. The van der Waals surface area contributed by atoms with Crippen molar-refractivity contribution in [1.82, 2.24) is 0 Å². The molecule has 86 valence electrons. The second-order valence-corrected chi connectivity index (χ2v) is 4.33. The van der Waals surface area contributed by atoms with E-state index in [4.69, 9.17) is 0 Å². The molecule has 1 aromatic rings. The quantitative estimate of drug-likeness (QED) is 0.791. The highest BCUT2D eigenvalue weighted by atomic mass is 19.1. The Balaban J connectivity index is 2.53. The van der Waals surface area contributed by atoms with Crippen LogP contribution in [0, 0.1) is 5.82 Å². The molecule has 1 aromatic carbocycles. The molecule has 0 radical (unpaired) electrons. The van der Waals surface area contributed by atoms with Gasteiger partial charge in [0.1, 0.15) is 11.9 Å². The summed E-state index contributed by atoms with van der Waals surface area (Å²) >= 11 is 0. The summed E-state index contributed by atoms with van der Waals surface area (Å²) in [5, 5.41) is 2.77. The molecule has 1 unspecified atom stereocenters. The maximum Gasteiger partial charge on any atom is 0.246 e. The van der Waals surface area contributed by atoms with Gasteiger partial charge in [0.15, 0.2) is 0 Å². The number of halogens is 1. The molecule has 3 nitrogen and oxygen atoms in total. The normalized spacial score (nSPS) is 19.7. The van der Waals surface area contributed by atoms with Gasteiger partial charge in [-0.1, -0.05) is 0 Å². The summed E-state index contributed by atoms with van der Waals surface area (Å²) < 4.78 is 13.2. The number of benzene rings is 1. The lowest BCUT2D eigenvalue weighted by Gasteiger charge is -2.39. The molecule has 4 heteroatoms. The molecular weight excluding hydrogens is 207 g/mol. The monoisotopic (exact) mass is 222 g/mol. The van der Waals surface area contributed by atoms with Crippen molar-refractivity contribution in [3.8, 4) is 0 Å². The van der Waals surface area contributed by atoms with E-state index in [9.17, 15) is 9.18 Å². The summed E-state index contributed by atoms with van der Waals surface area (Å²) in [6.07, 6.45) is 0. The first-order chi connectivity index (χ1) is 7.50. The van der Waals surface area contributed by atoms with E-state index < -0.39 is 0 Å². The van der Waals surface area contributed by atoms with E-state index in [1.54, 1.807) is 6.07 Å². The third kappa shape index (κ3) is 1.64. The second-order valence-electron chi connectivity index (χ2n) is 4.33. The van der Waals surface area contributed by atoms with Crippen LogP contribution in [0.3, 0.4) is 0 Å². The van der Waals surface area contributed by atoms with Gasteiger partial charge in [-0.2, -0.15) is 0 Å². The molecule has 0 spiro atoms. The summed E-state index contributed by atoms with van der Waals surface area (Å²) in [5.41, 5.74) is 1.43. The number of hydrogen-bond donors (Lipinski definition) is 1. The van der Waals surface area contributed by atoms with Crippen molar-refractivity contribution in [1.29, 1.82) is 0 Å². The highest BCUT2D eigenvalue weighted by Gasteiger charge is 2.31. The van der Waals surface area contributed by atoms with Crippen molar-refractivity contribution >= 4 is 17.3 Å². The van der Waals surface area contributed by atoms with Crippen LogP contribution in [0.25, 0.3) is 0 Å². The van der Waals surface area contributed by atoms with E-state index in [1.165, 1.54) is 12.1 Å². The highest BCUT2D eigenvalue weighted by Crippen LogP contribution is 2.33. The summed E-state index contributed by atoms with van der Waals surface area (Å²) in [6.45, 7) is 5.80. The van der Waals surface area contributed by atoms with Crippen LogP contribution >= 0.6 is 0 Å². The molecule has 0 saturated carbocycles. The van der Waals surface area contributed by atoms with E-state index in [-0.39, 0.29) is 23.8 Å². The van der Waals surface area contributed by atoms with Gasteiger partial charge in [0.05, 0.1) is 11.4 Å². The lowest BCUT2D eigenvalue weighted by Crippen LogP contribution is -2.49. The van der Waals surface area contributed by atoms with Gasteiger partial charge in [0.25, 0.3) is 0 Å². The Labute approximate surface area is 94.3 Å². The Morgan fingerprint density at radius 1 is 1.44 bits per heavy atom. The Bertz CT molecular complexity index is 431. The Hall–Kier alpha value is -1.58. The molecule has 1 aliphatic rings. The predicted molar refractivity (Wildman–Crippen MR) is 62.1 cm³/mol. The van der Waals surface area contributed by atoms with Crippen molar-refractivity contribution in [2.75, 3.05) is 10.2 Å². The average molecular weight is 222 g/mol. The van der Waals surface area contributed by atoms with Crippen LogP contribution in [-0.2, 0) is 4.79 Å². The smallest absolute Gasteiger partial charge is 0.246 e. The molecule has 2 rings (SSSR count). The average Bonchev–Trinajstić information content (AvgIpc) is 2.20. The fourth-order valence-corrected chi connectivity index (χ4v) is 2.12. The molecule has 0 aromatic heterocycles. The first-order valence-electron chi connectivity index (χ1n) is 5.39. The molecule has 1 atom stereocenters. The lowest BCUT2D eigenvalue weighted by molar-refractivity contribution is -0.117. The highest BCUT2D eigenvalue weighted by molar-refractivity contribution is 6.03. The molecule has 0 bridgehead atoms. The van der Waals surface area contributed by atoms with Gasteiger partial charge >= 0.3 is 0 Å². The number of amides is 1. The van der Waals surface area contributed by atoms with Crippen LogP contribution in [0.4, 0.5) is 15.8 Å². The van der Waals surface area contributed by atoms with Crippen LogP contribution in [-0.4, -0.2) is 18.0 Å². The number of nitrogens with one attached hydrogen (secondary N) is 1. The fourth-order valence-electron chi connectivity index (χ4n) is 2.12. The number of carbonyl (C=O) groups excluding carboxylic acids is 1. The molecule has 1 amide bonds. The number of nitrogens with zero attached hydrogens (tertiary/aromatic N) is 1. The lowest BCUT2D eigenvalue weighted by atomic mass is 10.1. The molecule has 1 aliphatic heterocycles. The van der Waals surface area contributed by atoms with Crippen LogP contribution in [0.2, 0.25) is 0 Å². The number of rotatable bonds is 1. The van der Waals surface area contributed by atoms with Gasteiger partial charge < -0.3 is 10.2 Å². The SMILES string of the molecule is CC(C)N1c2cc(F)ccc2NC(=O)C1C. The summed E-state index contributed by atoms with van der Waals surface area (Å²) in [6, 6.07) is 4.30. The maximum absolute atomic E-state index is 13.2. The molecule has 1 heterocycles. The number of fused-ring (bicyclic) bond motifs is 1. The second kappa shape index (κ2) is 3.77. The predicted octanol–water partition coefficient (Wildman–Crippen LogP) is 2.38. The van der Waals surface area contributed by atoms with Crippen LogP contribution in [0.5, 0.6) is 0 Å². The van der Waals surface area contributed by atoms with Crippen LogP contribution in [0.1, 0.15) is 20.8 Å². The van der Waals surface area contributed by atoms with Crippen molar-refractivity contribution in [2.45, 2.75) is 32.9 Å². The largest absolute Gasteiger partial charge is 0.356 e. The van der Waals surface area contributed by atoms with E-state index >= 15 is 0 Å². The maximum atomic E-state index is 13.2. The van der Waals surface area contributed by atoms with Gasteiger partial charge in [-0.15, -0.1) is 0 Å². The van der Waals surface area contributed by atoms with Gasteiger partial charge in [0, 0.05) is 6.04 Å². The summed E-state index contributed by atoms with van der Waals surface area (Å²) in [4.78, 5) is 13.6. The van der Waals surface area contributed by atoms with E-state index in [1.807, 2.05) is 25.7 Å². The standard InChI is InChI=1S/C12H15FN2O/c1-7(2)15-8(3)12(16)14-10-5-4-9(13)6-11(10)15/h4-8H,1-3H3,(H,14,16). The van der Waals surface area contributed by atoms with Crippen molar-refractivity contribution in [3.05, 3.63) is 24.0 Å². The Kier molecular flexibility index (Phi) is 2.58. The minimum Gasteiger partial charge on any atom is -0.356 e. The number of carbonyl (C=O) groups is 1. The Morgan fingerprint density at radius 3 is 2.75 bits per heavy atom. The van der Waals surface area contributed by atoms with Crippen LogP contribution < -0.4 is 10.2 Å². The Morgan fingerprint density at radius 2 is 2.12 bits per heavy atom. The molecule has 0 aliphatic carbocycles. The fraction of sp³-hybridized carbons (Fsp3) is 0.417. The minimum atomic E-state index is -0.284. The van der Waals surface area contributed by atoms with Gasteiger partial charge in [-0.3, -0.25) is 4.79 Å². The van der Waals surface area contributed by atoms with Gasteiger partial charge in [0.2, 0.25) is 5.91 Å².